The predicted octanol–water partition coefficient (Wildman–Crippen LogP) is -0.741. The normalized spacial score (nSPS) is 3.43. The van der Waals surface area contributed by atoms with Crippen molar-refractivity contribution in [2.75, 3.05) is 0 Å². The van der Waals surface area contributed by atoms with Crippen LogP contribution in [0.1, 0.15) is 0 Å². The summed E-state index contributed by atoms with van der Waals surface area (Å²) in [6.07, 6.45) is 0. The van der Waals surface area contributed by atoms with Crippen LogP contribution in [0.4, 0.5) is 0 Å². The molecule has 0 unspecified atom stereocenters. The Morgan fingerprint density at radius 3 is 1.29 bits per heavy atom. The van der Waals surface area contributed by atoms with Crippen molar-refractivity contribution in [3.8, 4) is 0 Å². The van der Waals surface area contributed by atoms with Crippen molar-refractivity contribution in [2.24, 2.45) is 0 Å². The Morgan fingerprint density at radius 1 is 1.29 bits per heavy atom. The molecule has 0 radical (unpaired) electrons. The SMILES string of the molecule is O=[N+]([O-])[O-].[Al+3].[Fe+2].[O-2]. The first kappa shape index (κ1) is 27.0. The summed E-state index contributed by atoms with van der Waals surface area (Å²) in [6.45, 7) is 0. The largest absolute Gasteiger partial charge is 3.00 e. The fourth-order valence-electron chi connectivity index (χ4n) is 0. The van der Waals surface area contributed by atoms with Crippen LogP contribution < -0.4 is 0 Å². The Kier molecular flexibility index (Phi) is 63.0. The molecule has 0 aliphatic rings. The molecule has 0 rings (SSSR count). The van der Waals surface area contributed by atoms with E-state index in [1.165, 1.54) is 0 Å². The van der Waals surface area contributed by atoms with Crippen molar-refractivity contribution in [3.63, 3.8) is 0 Å². The molecule has 0 fully saturated rings. The van der Waals surface area contributed by atoms with E-state index in [4.69, 9.17) is 15.3 Å². The Hall–Kier alpha value is 0.212. The molecule has 0 saturated heterocycles. The molecule has 7 heavy (non-hydrogen) atoms. The van der Waals surface area contributed by atoms with Gasteiger partial charge in [0.25, 0.3) is 0 Å². The number of rotatable bonds is 0. The molecule has 7 heteroatoms. The molecule has 0 aliphatic carbocycles. The molecule has 5 nitrogen and oxygen atoms in total. The van der Waals surface area contributed by atoms with Gasteiger partial charge >= 0.3 is 34.4 Å². The number of hydrogen-bond acceptors (Lipinski definition) is 3. The van der Waals surface area contributed by atoms with Gasteiger partial charge in [0.05, 0.1) is 5.09 Å². The van der Waals surface area contributed by atoms with Gasteiger partial charge < -0.3 is 20.8 Å². The van der Waals surface area contributed by atoms with Crippen LogP contribution in [-0.4, -0.2) is 22.4 Å². The van der Waals surface area contributed by atoms with Gasteiger partial charge in [-0.05, 0) is 0 Å². The first-order valence-electron chi connectivity index (χ1n) is 0.548. The maximum atomic E-state index is 8.25. The van der Waals surface area contributed by atoms with Crippen LogP contribution >= 0.6 is 0 Å². The number of nitrogens with zero attached hydrogens (tertiary/aromatic N) is 1. The maximum absolute atomic E-state index is 8.25. The van der Waals surface area contributed by atoms with Crippen molar-refractivity contribution in [1.29, 1.82) is 0 Å². The number of hydrogen-bond donors (Lipinski definition) is 0. The van der Waals surface area contributed by atoms with Gasteiger partial charge in [-0.1, -0.05) is 0 Å². The van der Waals surface area contributed by atoms with Crippen LogP contribution in [0, 0.1) is 15.3 Å². The van der Waals surface area contributed by atoms with Crippen molar-refractivity contribution in [3.05, 3.63) is 15.3 Å². The molecule has 0 N–H and O–H groups in total. The first-order valence-corrected chi connectivity index (χ1v) is 0.548. The molecular weight excluding hydrogens is 161 g/mol. The zero-order valence-corrected chi connectivity index (χ0v) is 5.27. The molecule has 0 aromatic heterocycles. The van der Waals surface area contributed by atoms with Gasteiger partial charge in [0, 0.05) is 0 Å². The average molecular weight is 161 g/mol. The van der Waals surface area contributed by atoms with E-state index < -0.39 is 5.09 Å². The van der Waals surface area contributed by atoms with Crippen molar-refractivity contribution in [2.45, 2.75) is 0 Å². The summed E-state index contributed by atoms with van der Waals surface area (Å²) in [4.78, 5) is 8.25. The van der Waals surface area contributed by atoms with E-state index in [1.807, 2.05) is 0 Å². The standard InChI is InChI=1S/Al.Fe.NO3.O/c;;2-1(3)4;/q+3;+2;-1;-2. The second kappa shape index (κ2) is 16.4. The van der Waals surface area contributed by atoms with Gasteiger partial charge in [-0.2, -0.15) is 0 Å². The maximum Gasteiger partial charge on any atom is 3.00 e. The van der Waals surface area contributed by atoms with E-state index in [1.54, 1.807) is 0 Å². The summed E-state index contributed by atoms with van der Waals surface area (Å²) in [5.74, 6) is 0. The Labute approximate surface area is 60.7 Å². The third kappa shape index (κ3) is 2450. The summed E-state index contributed by atoms with van der Waals surface area (Å²) in [5, 5.41) is 14.8. The summed E-state index contributed by atoms with van der Waals surface area (Å²) >= 11 is 0. The molecule has 0 aliphatic heterocycles. The minimum Gasteiger partial charge on any atom is -2.00 e. The average Bonchev–Trinajstić information content (AvgIpc) is 0.811. The van der Waals surface area contributed by atoms with E-state index in [2.05, 4.69) is 0 Å². The molecule has 0 bridgehead atoms. The van der Waals surface area contributed by atoms with E-state index in [0.29, 0.717) is 0 Å². The van der Waals surface area contributed by atoms with Crippen LogP contribution in [0.2, 0.25) is 0 Å². The molecule has 0 atom stereocenters. The second-order valence-electron chi connectivity index (χ2n) is 0.224. The summed E-state index contributed by atoms with van der Waals surface area (Å²) in [6, 6.07) is 0. The van der Waals surface area contributed by atoms with Gasteiger partial charge in [-0.3, -0.25) is 0 Å². The van der Waals surface area contributed by atoms with Gasteiger partial charge in [0.1, 0.15) is 0 Å². The van der Waals surface area contributed by atoms with Crippen LogP contribution in [0.3, 0.4) is 0 Å². The Morgan fingerprint density at radius 2 is 1.29 bits per heavy atom. The zero-order valence-electron chi connectivity index (χ0n) is 3.01. The second-order valence-corrected chi connectivity index (χ2v) is 0.224. The Bertz CT molecular complexity index is 34.7. The van der Waals surface area contributed by atoms with Crippen molar-refractivity contribution < 1.29 is 27.6 Å². The quantitative estimate of drug-likeness (QED) is 0.265. The van der Waals surface area contributed by atoms with Crippen LogP contribution in [0.5, 0.6) is 0 Å². The molecule has 0 spiro atoms. The van der Waals surface area contributed by atoms with Crippen LogP contribution in [0.25, 0.3) is 0 Å². The predicted molar refractivity (Wildman–Crippen MR) is 16.8 cm³/mol. The van der Waals surface area contributed by atoms with Gasteiger partial charge in [0.2, 0.25) is 0 Å². The van der Waals surface area contributed by atoms with E-state index in [-0.39, 0.29) is 39.9 Å². The third-order valence-electron chi connectivity index (χ3n) is 0. The fraction of sp³-hybridized carbons (Fsp3) is 0. The van der Waals surface area contributed by atoms with Gasteiger partial charge in [0.15, 0.2) is 0 Å². The molecule has 0 saturated carbocycles. The minimum absolute atomic E-state index is 0. The van der Waals surface area contributed by atoms with Crippen molar-refractivity contribution in [1.82, 2.24) is 0 Å². The van der Waals surface area contributed by atoms with Crippen molar-refractivity contribution >= 4 is 17.4 Å². The van der Waals surface area contributed by atoms with Gasteiger partial charge in [-0.25, -0.2) is 0 Å². The summed E-state index contributed by atoms with van der Waals surface area (Å²) in [7, 11) is 0. The van der Waals surface area contributed by atoms with E-state index in [0.717, 1.165) is 0 Å². The minimum atomic E-state index is -1.75. The topological polar surface area (TPSA) is 94.7 Å². The Balaban J connectivity index is -0.0000000150. The smallest absolute Gasteiger partial charge is 2.00 e. The first-order chi connectivity index (χ1) is 1.73. The van der Waals surface area contributed by atoms with E-state index >= 15 is 0 Å². The molecule has 0 aromatic carbocycles. The van der Waals surface area contributed by atoms with Crippen LogP contribution in [0.15, 0.2) is 0 Å². The summed E-state index contributed by atoms with van der Waals surface area (Å²) < 4.78 is 0. The van der Waals surface area contributed by atoms with E-state index in [9.17, 15) is 0 Å². The summed E-state index contributed by atoms with van der Waals surface area (Å²) in [5.41, 5.74) is 0. The molecule has 0 amide bonds. The molecular formula is AlFeNO4+2. The van der Waals surface area contributed by atoms with Crippen LogP contribution in [-0.2, 0) is 22.5 Å². The molecule has 38 valence electrons. The fourth-order valence-corrected chi connectivity index (χ4v) is 0. The third-order valence-corrected chi connectivity index (χ3v) is 0. The zero-order chi connectivity index (χ0) is 3.58. The monoisotopic (exact) mass is 161 g/mol. The van der Waals surface area contributed by atoms with Gasteiger partial charge in [-0.15, -0.1) is 0 Å². The molecule has 0 heterocycles. The molecule has 0 aromatic rings.